The van der Waals surface area contributed by atoms with Crippen LogP contribution in [0.15, 0.2) is 60.3 Å². The number of alkyl halides is 3. The van der Waals surface area contributed by atoms with Crippen LogP contribution in [-0.4, -0.2) is 30.9 Å². The van der Waals surface area contributed by atoms with E-state index in [0.29, 0.717) is 31.6 Å². The first kappa shape index (κ1) is 22.4. The van der Waals surface area contributed by atoms with E-state index in [-0.39, 0.29) is 17.3 Å². The number of hydrogen-bond donors (Lipinski definition) is 2. The first-order chi connectivity index (χ1) is 15.7. The molecule has 0 aromatic heterocycles. The molecular formula is C23H21F3N4O3. The molecule has 0 atom stereocenters. The van der Waals surface area contributed by atoms with Crippen molar-refractivity contribution in [2.24, 2.45) is 0 Å². The zero-order valence-corrected chi connectivity index (χ0v) is 17.5. The van der Waals surface area contributed by atoms with E-state index in [2.05, 4.69) is 10.6 Å². The second kappa shape index (κ2) is 8.97. The van der Waals surface area contributed by atoms with Gasteiger partial charge in [-0.2, -0.15) is 13.2 Å². The van der Waals surface area contributed by atoms with Crippen molar-refractivity contribution < 1.29 is 27.6 Å². The molecule has 2 aromatic carbocycles. The summed E-state index contributed by atoms with van der Waals surface area (Å²) in [5, 5.41) is 4.89. The van der Waals surface area contributed by atoms with Crippen LogP contribution >= 0.6 is 0 Å². The third kappa shape index (κ3) is 5.00. The van der Waals surface area contributed by atoms with Gasteiger partial charge in [0.2, 0.25) is 5.91 Å². The van der Waals surface area contributed by atoms with Crippen LogP contribution in [-0.2, 0) is 15.8 Å². The molecule has 1 saturated heterocycles. The van der Waals surface area contributed by atoms with E-state index in [0.717, 1.165) is 36.4 Å². The van der Waals surface area contributed by atoms with Gasteiger partial charge in [-0.25, -0.2) is 4.79 Å². The summed E-state index contributed by atoms with van der Waals surface area (Å²) in [6.45, 7) is 1.10. The molecule has 2 N–H and O–H groups in total. The summed E-state index contributed by atoms with van der Waals surface area (Å²) in [5.41, 5.74) is 0.813. The number of amides is 4. The second-order valence-corrected chi connectivity index (χ2v) is 7.68. The van der Waals surface area contributed by atoms with Crippen molar-refractivity contribution >= 4 is 34.9 Å². The monoisotopic (exact) mass is 458 g/mol. The van der Waals surface area contributed by atoms with E-state index in [1.165, 1.54) is 4.90 Å². The highest BCUT2D eigenvalue weighted by atomic mass is 19.4. The number of anilines is 3. The zero-order valence-electron chi connectivity index (χ0n) is 17.5. The van der Waals surface area contributed by atoms with Gasteiger partial charge in [0.1, 0.15) is 5.70 Å². The number of nitrogens with zero attached hydrogens (tertiary/aromatic N) is 2. The van der Waals surface area contributed by atoms with Crippen molar-refractivity contribution in [3.05, 3.63) is 65.9 Å². The Morgan fingerprint density at radius 3 is 2.06 bits per heavy atom. The molecule has 0 saturated carbocycles. The van der Waals surface area contributed by atoms with E-state index < -0.39 is 23.7 Å². The summed E-state index contributed by atoms with van der Waals surface area (Å²) in [6, 6.07) is 10.3. The van der Waals surface area contributed by atoms with Crippen molar-refractivity contribution in [3.63, 3.8) is 0 Å². The maximum atomic E-state index is 12.9. The van der Waals surface area contributed by atoms with E-state index in [9.17, 15) is 27.6 Å². The van der Waals surface area contributed by atoms with Gasteiger partial charge in [-0.1, -0.05) is 6.08 Å². The van der Waals surface area contributed by atoms with Crippen molar-refractivity contribution in [2.45, 2.75) is 25.4 Å². The standard InChI is InChI=1S/C23H21F3N4O3/c24-23(25,26)15-5-7-16(8-6-15)27-22(33)28-19-3-1-14-30(21(19)32)18-11-9-17(10-12-18)29-13-2-4-20(29)31/h3,5-12H,1-2,4,13-14H2,(H2,27,28,33). The minimum Gasteiger partial charge on any atom is -0.312 e. The second-order valence-electron chi connectivity index (χ2n) is 7.68. The summed E-state index contributed by atoms with van der Waals surface area (Å²) in [6.07, 6.45) is -1.01. The number of carbonyl (C=O) groups excluding carboxylic acids is 3. The van der Waals surface area contributed by atoms with Gasteiger partial charge in [0, 0.05) is 36.6 Å². The third-order valence-corrected chi connectivity index (χ3v) is 5.44. The quantitative estimate of drug-likeness (QED) is 0.718. The Labute approximate surface area is 187 Å². The fraction of sp³-hybridized carbons (Fsp3) is 0.261. The predicted molar refractivity (Wildman–Crippen MR) is 117 cm³/mol. The summed E-state index contributed by atoms with van der Waals surface area (Å²) < 4.78 is 38.0. The molecule has 0 bridgehead atoms. The highest BCUT2D eigenvalue weighted by molar-refractivity contribution is 6.09. The van der Waals surface area contributed by atoms with Crippen LogP contribution in [0.25, 0.3) is 0 Å². The average molecular weight is 458 g/mol. The number of rotatable bonds is 4. The van der Waals surface area contributed by atoms with E-state index in [4.69, 9.17) is 0 Å². The highest BCUT2D eigenvalue weighted by Gasteiger charge is 2.30. The topological polar surface area (TPSA) is 81.8 Å². The molecule has 4 amide bonds. The molecule has 7 nitrogen and oxygen atoms in total. The van der Waals surface area contributed by atoms with Crippen LogP contribution < -0.4 is 20.4 Å². The Balaban J connectivity index is 1.38. The molecule has 172 valence electrons. The molecular weight excluding hydrogens is 437 g/mol. The van der Waals surface area contributed by atoms with Gasteiger partial charge < -0.3 is 20.4 Å². The van der Waals surface area contributed by atoms with Crippen LogP contribution in [0.3, 0.4) is 0 Å². The lowest BCUT2D eigenvalue weighted by molar-refractivity contribution is -0.137. The van der Waals surface area contributed by atoms with Gasteiger partial charge in [0.25, 0.3) is 5.91 Å². The van der Waals surface area contributed by atoms with Crippen LogP contribution in [0.1, 0.15) is 24.8 Å². The van der Waals surface area contributed by atoms with E-state index in [1.54, 1.807) is 35.2 Å². The number of halogens is 3. The molecule has 0 unspecified atom stereocenters. The number of benzene rings is 2. The molecule has 2 aliphatic rings. The van der Waals surface area contributed by atoms with Crippen LogP contribution in [0.2, 0.25) is 0 Å². The van der Waals surface area contributed by atoms with Gasteiger partial charge in [-0.05, 0) is 61.4 Å². The van der Waals surface area contributed by atoms with Gasteiger partial charge >= 0.3 is 12.2 Å². The molecule has 1 fully saturated rings. The molecule has 33 heavy (non-hydrogen) atoms. The Kier molecular flexibility index (Phi) is 6.08. The van der Waals surface area contributed by atoms with Gasteiger partial charge in [0.05, 0.1) is 5.56 Å². The molecule has 4 rings (SSSR count). The molecule has 0 spiro atoms. The Bertz CT molecular complexity index is 1100. The fourth-order valence-corrected chi connectivity index (χ4v) is 3.78. The first-order valence-electron chi connectivity index (χ1n) is 10.4. The molecule has 10 heteroatoms. The minimum atomic E-state index is -4.47. The number of carbonyl (C=O) groups is 3. The lowest BCUT2D eigenvalue weighted by Crippen LogP contribution is -2.42. The van der Waals surface area contributed by atoms with Crippen molar-refractivity contribution in [1.82, 2.24) is 5.32 Å². The van der Waals surface area contributed by atoms with E-state index >= 15 is 0 Å². The van der Waals surface area contributed by atoms with Gasteiger partial charge in [0.15, 0.2) is 0 Å². The number of urea groups is 1. The van der Waals surface area contributed by atoms with Crippen LogP contribution in [0.4, 0.5) is 35.0 Å². The van der Waals surface area contributed by atoms with Gasteiger partial charge in [-0.3, -0.25) is 9.59 Å². The maximum Gasteiger partial charge on any atom is 0.416 e. The van der Waals surface area contributed by atoms with Gasteiger partial charge in [-0.15, -0.1) is 0 Å². The fourth-order valence-electron chi connectivity index (χ4n) is 3.78. The SMILES string of the molecule is O=C(NC1=CCCN(c2ccc(N3CCCC3=O)cc2)C1=O)Nc1ccc(C(F)(F)F)cc1. The zero-order chi connectivity index (χ0) is 23.6. The highest BCUT2D eigenvalue weighted by Crippen LogP contribution is 2.30. The minimum absolute atomic E-state index is 0.0736. The Morgan fingerprint density at radius 2 is 1.48 bits per heavy atom. The third-order valence-electron chi connectivity index (χ3n) is 5.44. The predicted octanol–water partition coefficient (Wildman–Crippen LogP) is 4.27. The lowest BCUT2D eigenvalue weighted by atomic mass is 10.1. The average Bonchev–Trinajstić information content (AvgIpc) is 3.21. The summed E-state index contributed by atoms with van der Waals surface area (Å²) in [5.74, 6) is -0.334. The molecule has 2 heterocycles. The molecule has 0 radical (unpaired) electrons. The van der Waals surface area contributed by atoms with E-state index in [1.807, 2.05) is 0 Å². The molecule has 2 aromatic rings. The number of nitrogens with one attached hydrogen (secondary N) is 2. The lowest BCUT2D eigenvalue weighted by Gasteiger charge is -2.28. The smallest absolute Gasteiger partial charge is 0.312 e. The first-order valence-corrected chi connectivity index (χ1v) is 10.4. The Hall–Kier alpha value is -3.82. The normalized spacial score (nSPS) is 16.6. The summed E-state index contributed by atoms with van der Waals surface area (Å²) >= 11 is 0. The maximum absolute atomic E-state index is 12.9. The molecule has 0 aliphatic carbocycles. The van der Waals surface area contributed by atoms with Crippen LogP contribution in [0, 0.1) is 0 Å². The summed E-state index contributed by atoms with van der Waals surface area (Å²) in [4.78, 5) is 40.3. The van der Waals surface area contributed by atoms with Crippen LogP contribution in [0.5, 0.6) is 0 Å². The largest absolute Gasteiger partial charge is 0.416 e. The van der Waals surface area contributed by atoms with Crippen molar-refractivity contribution in [1.29, 1.82) is 0 Å². The van der Waals surface area contributed by atoms with Crippen molar-refractivity contribution in [2.75, 3.05) is 28.2 Å². The Morgan fingerprint density at radius 1 is 0.848 bits per heavy atom. The van der Waals surface area contributed by atoms with Crippen molar-refractivity contribution in [3.8, 4) is 0 Å². The molecule has 2 aliphatic heterocycles. The number of hydrogen-bond acceptors (Lipinski definition) is 3. The summed E-state index contributed by atoms with van der Waals surface area (Å²) in [7, 11) is 0.